The molecule has 0 aliphatic rings. The molecule has 128 valence electrons. The number of nitrogens with two attached hydrogens (primary N) is 1. The normalized spacial score (nSPS) is 10.5. The molecule has 0 atom stereocenters. The maximum Gasteiger partial charge on any atom is 0.227 e. The van der Waals surface area contributed by atoms with Gasteiger partial charge in [0.1, 0.15) is 11.6 Å². The molecule has 1 aromatic carbocycles. The molecule has 0 aliphatic heterocycles. The molecule has 1 amide bonds. The van der Waals surface area contributed by atoms with E-state index in [4.69, 9.17) is 5.73 Å². The molecule has 1 aromatic heterocycles. The van der Waals surface area contributed by atoms with Crippen LogP contribution in [0.5, 0.6) is 0 Å². The van der Waals surface area contributed by atoms with E-state index in [9.17, 15) is 4.79 Å². The van der Waals surface area contributed by atoms with Crippen LogP contribution in [0.15, 0.2) is 30.5 Å². The van der Waals surface area contributed by atoms with Gasteiger partial charge in [0.15, 0.2) is 0 Å². The number of carbonyl (C=O) groups is 1. The molecule has 0 fully saturated rings. The quantitative estimate of drug-likeness (QED) is 0.816. The minimum Gasteiger partial charge on any atom is -0.383 e. The number of aryl methyl sites for hydroxylation is 1. The van der Waals surface area contributed by atoms with Gasteiger partial charge in [0.25, 0.3) is 0 Å². The largest absolute Gasteiger partial charge is 0.383 e. The molecule has 2 rings (SSSR count). The zero-order valence-corrected chi connectivity index (χ0v) is 14.5. The summed E-state index contributed by atoms with van der Waals surface area (Å²) in [6.45, 7) is 7.76. The summed E-state index contributed by atoms with van der Waals surface area (Å²) in [6, 6.07) is 7.83. The molecule has 0 spiro atoms. The van der Waals surface area contributed by atoms with Gasteiger partial charge in [-0.2, -0.15) is 0 Å². The van der Waals surface area contributed by atoms with Crippen molar-refractivity contribution in [2.45, 2.75) is 33.7 Å². The van der Waals surface area contributed by atoms with E-state index >= 15 is 0 Å². The number of nitrogens with zero attached hydrogens (tertiary/aromatic N) is 3. The number of para-hydroxylation sites is 1. The predicted octanol–water partition coefficient (Wildman–Crippen LogP) is 2.39. The first-order chi connectivity index (χ1) is 11.5. The van der Waals surface area contributed by atoms with Gasteiger partial charge >= 0.3 is 0 Å². The molecule has 1 heterocycles. The van der Waals surface area contributed by atoms with Gasteiger partial charge in [0.05, 0.1) is 6.42 Å². The number of hydrogen-bond donors (Lipinski definition) is 2. The molecule has 6 heteroatoms. The zero-order chi connectivity index (χ0) is 17.5. The molecular formula is C18H25N5O. The van der Waals surface area contributed by atoms with E-state index in [0.29, 0.717) is 24.6 Å². The average molecular weight is 327 g/mol. The van der Waals surface area contributed by atoms with Crippen molar-refractivity contribution in [3.05, 3.63) is 47.4 Å². The molecule has 0 saturated carbocycles. The number of aromatic nitrogens is 2. The first-order valence-electron chi connectivity index (χ1n) is 8.22. The Morgan fingerprint density at radius 3 is 2.58 bits per heavy atom. The lowest BCUT2D eigenvalue weighted by Gasteiger charge is -2.20. The SMILES string of the molecule is CCN(CC)C(=O)Cc1ccccc1NCc1cnc(C)nc1N. The van der Waals surface area contributed by atoms with Gasteiger partial charge in [-0.25, -0.2) is 9.97 Å². The van der Waals surface area contributed by atoms with E-state index < -0.39 is 0 Å². The van der Waals surface area contributed by atoms with Crippen molar-refractivity contribution in [3.8, 4) is 0 Å². The van der Waals surface area contributed by atoms with Crippen molar-refractivity contribution in [1.29, 1.82) is 0 Å². The highest BCUT2D eigenvalue weighted by Crippen LogP contribution is 2.18. The molecule has 0 unspecified atom stereocenters. The fourth-order valence-corrected chi connectivity index (χ4v) is 2.54. The Hall–Kier alpha value is -2.63. The van der Waals surface area contributed by atoms with Crippen LogP contribution < -0.4 is 11.1 Å². The molecule has 0 aliphatic carbocycles. The van der Waals surface area contributed by atoms with Crippen LogP contribution in [0, 0.1) is 6.92 Å². The van der Waals surface area contributed by atoms with E-state index in [-0.39, 0.29) is 5.91 Å². The number of carbonyl (C=O) groups excluding carboxylic acids is 1. The molecular weight excluding hydrogens is 302 g/mol. The van der Waals surface area contributed by atoms with Crippen LogP contribution in [-0.4, -0.2) is 33.9 Å². The second kappa shape index (κ2) is 8.29. The van der Waals surface area contributed by atoms with E-state index in [1.807, 2.05) is 49.9 Å². The summed E-state index contributed by atoms with van der Waals surface area (Å²) in [6.07, 6.45) is 2.11. The van der Waals surface area contributed by atoms with Crippen LogP contribution >= 0.6 is 0 Å². The Balaban J connectivity index is 2.10. The Kier molecular flexibility index (Phi) is 6.12. The van der Waals surface area contributed by atoms with Crippen molar-refractivity contribution in [2.24, 2.45) is 0 Å². The molecule has 6 nitrogen and oxygen atoms in total. The Morgan fingerprint density at radius 1 is 1.21 bits per heavy atom. The van der Waals surface area contributed by atoms with Crippen molar-refractivity contribution in [1.82, 2.24) is 14.9 Å². The summed E-state index contributed by atoms with van der Waals surface area (Å²) >= 11 is 0. The van der Waals surface area contributed by atoms with Gasteiger partial charge in [0.2, 0.25) is 5.91 Å². The van der Waals surface area contributed by atoms with E-state index in [1.54, 1.807) is 6.20 Å². The van der Waals surface area contributed by atoms with Crippen LogP contribution in [0.2, 0.25) is 0 Å². The van der Waals surface area contributed by atoms with Gasteiger partial charge in [-0.05, 0) is 32.4 Å². The molecule has 3 N–H and O–H groups in total. The number of hydrogen-bond acceptors (Lipinski definition) is 5. The number of rotatable bonds is 7. The van der Waals surface area contributed by atoms with Crippen LogP contribution in [0.25, 0.3) is 0 Å². The van der Waals surface area contributed by atoms with Crippen molar-refractivity contribution >= 4 is 17.4 Å². The number of amides is 1. The smallest absolute Gasteiger partial charge is 0.227 e. The van der Waals surface area contributed by atoms with Crippen LogP contribution in [0.4, 0.5) is 11.5 Å². The lowest BCUT2D eigenvalue weighted by atomic mass is 10.1. The average Bonchev–Trinajstić information content (AvgIpc) is 2.56. The maximum atomic E-state index is 12.4. The molecule has 2 aromatic rings. The van der Waals surface area contributed by atoms with Gasteiger partial charge in [-0.15, -0.1) is 0 Å². The zero-order valence-electron chi connectivity index (χ0n) is 14.5. The second-order valence-electron chi connectivity index (χ2n) is 5.58. The van der Waals surface area contributed by atoms with E-state index in [1.165, 1.54) is 0 Å². The highest BCUT2D eigenvalue weighted by Gasteiger charge is 2.13. The Morgan fingerprint density at radius 2 is 1.92 bits per heavy atom. The van der Waals surface area contributed by atoms with Gasteiger partial charge in [0, 0.05) is 37.1 Å². The molecule has 0 saturated heterocycles. The fraction of sp³-hybridized carbons (Fsp3) is 0.389. The minimum atomic E-state index is 0.132. The Labute approximate surface area is 143 Å². The fourth-order valence-electron chi connectivity index (χ4n) is 2.54. The summed E-state index contributed by atoms with van der Waals surface area (Å²) in [5.74, 6) is 1.26. The summed E-state index contributed by atoms with van der Waals surface area (Å²) < 4.78 is 0. The van der Waals surface area contributed by atoms with Crippen molar-refractivity contribution in [3.63, 3.8) is 0 Å². The lowest BCUT2D eigenvalue weighted by Crippen LogP contribution is -2.31. The third-order valence-electron chi connectivity index (χ3n) is 3.96. The summed E-state index contributed by atoms with van der Waals surface area (Å²) in [7, 11) is 0. The minimum absolute atomic E-state index is 0.132. The maximum absolute atomic E-state index is 12.4. The highest BCUT2D eigenvalue weighted by molar-refractivity contribution is 5.80. The number of anilines is 2. The van der Waals surface area contributed by atoms with Crippen LogP contribution in [0.1, 0.15) is 30.8 Å². The summed E-state index contributed by atoms with van der Waals surface area (Å²) in [4.78, 5) is 22.5. The van der Waals surface area contributed by atoms with Gasteiger partial charge < -0.3 is 16.0 Å². The topological polar surface area (TPSA) is 84.1 Å². The monoisotopic (exact) mass is 327 g/mol. The lowest BCUT2D eigenvalue weighted by molar-refractivity contribution is -0.130. The third kappa shape index (κ3) is 4.44. The van der Waals surface area contributed by atoms with Crippen LogP contribution in [-0.2, 0) is 17.8 Å². The van der Waals surface area contributed by atoms with Gasteiger partial charge in [-0.3, -0.25) is 4.79 Å². The molecule has 0 radical (unpaired) electrons. The van der Waals surface area contributed by atoms with E-state index in [0.717, 1.165) is 29.9 Å². The standard InChI is InChI=1S/C18H25N5O/c1-4-23(5-2)17(24)10-14-8-6-7-9-16(14)21-12-15-11-20-13(3)22-18(15)19/h6-9,11,21H,4-5,10,12H2,1-3H3,(H2,19,20,22). The number of likely N-dealkylation sites (N-methyl/N-ethyl adjacent to an activating group) is 1. The first-order valence-corrected chi connectivity index (χ1v) is 8.22. The first kappa shape index (κ1) is 17.7. The molecule has 24 heavy (non-hydrogen) atoms. The van der Waals surface area contributed by atoms with Crippen molar-refractivity contribution in [2.75, 3.05) is 24.1 Å². The Bertz CT molecular complexity index is 698. The number of benzene rings is 1. The highest BCUT2D eigenvalue weighted by atomic mass is 16.2. The molecule has 0 bridgehead atoms. The number of nitrogens with one attached hydrogen (secondary N) is 1. The van der Waals surface area contributed by atoms with E-state index in [2.05, 4.69) is 15.3 Å². The second-order valence-corrected chi connectivity index (χ2v) is 5.58. The third-order valence-corrected chi connectivity index (χ3v) is 3.96. The van der Waals surface area contributed by atoms with Gasteiger partial charge in [-0.1, -0.05) is 18.2 Å². The van der Waals surface area contributed by atoms with Crippen molar-refractivity contribution < 1.29 is 4.79 Å². The predicted molar refractivity (Wildman–Crippen MR) is 96.6 cm³/mol. The summed E-state index contributed by atoms with van der Waals surface area (Å²) in [5, 5.41) is 3.34. The summed E-state index contributed by atoms with van der Waals surface area (Å²) in [5.41, 5.74) is 8.67. The van der Waals surface area contributed by atoms with Crippen LogP contribution in [0.3, 0.4) is 0 Å². The number of nitrogen functional groups attached to an aromatic ring is 1.